The molecular formula is C17H22N4O3. The van der Waals surface area contributed by atoms with Gasteiger partial charge in [0.15, 0.2) is 0 Å². The molecule has 0 aliphatic carbocycles. The number of nitrogens with zero attached hydrogens (tertiary/aromatic N) is 3. The maximum absolute atomic E-state index is 12.1. The molecule has 7 heteroatoms. The summed E-state index contributed by atoms with van der Waals surface area (Å²) in [5, 5.41) is 3.98. The average Bonchev–Trinajstić information content (AvgIpc) is 3.23. The molecular weight excluding hydrogens is 308 g/mol. The molecule has 24 heavy (non-hydrogen) atoms. The van der Waals surface area contributed by atoms with Crippen molar-refractivity contribution >= 4 is 5.91 Å². The second-order valence-corrected chi connectivity index (χ2v) is 5.86. The lowest BCUT2D eigenvalue weighted by Gasteiger charge is -2.14. The van der Waals surface area contributed by atoms with Crippen molar-refractivity contribution in [3.63, 3.8) is 0 Å². The van der Waals surface area contributed by atoms with Crippen molar-refractivity contribution in [1.29, 1.82) is 0 Å². The molecule has 1 aromatic carbocycles. The van der Waals surface area contributed by atoms with E-state index in [1.807, 2.05) is 31.2 Å². The van der Waals surface area contributed by atoms with Crippen LogP contribution in [0.2, 0.25) is 0 Å². The van der Waals surface area contributed by atoms with Gasteiger partial charge in [0.2, 0.25) is 17.6 Å². The number of carbonyl (C=O) groups is 1. The van der Waals surface area contributed by atoms with Gasteiger partial charge in [-0.1, -0.05) is 5.16 Å². The number of carbonyl (C=O) groups excluding carboxylic acids is 1. The van der Waals surface area contributed by atoms with Crippen molar-refractivity contribution in [2.75, 3.05) is 19.7 Å². The molecule has 1 atom stereocenters. The van der Waals surface area contributed by atoms with E-state index >= 15 is 0 Å². The second kappa shape index (κ2) is 7.44. The maximum Gasteiger partial charge on any atom is 0.227 e. The summed E-state index contributed by atoms with van der Waals surface area (Å²) in [6.45, 7) is 3.94. The fourth-order valence-electron chi connectivity index (χ4n) is 2.73. The Labute approximate surface area is 140 Å². The molecule has 1 saturated heterocycles. The first-order chi connectivity index (χ1) is 11.7. The molecule has 0 saturated carbocycles. The van der Waals surface area contributed by atoms with Crippen LogP contribution in [0.4, 0.5) is 0 Å². The summed E-state index contributed by atoms with van der Waals surface area (Å²) in [7, 11) is 0. The maximum atomic E-state index is 12.1. The van der Waals surface area contributed by atoms with Gasteiger partial charge in [0.05, 0.1) is 6.61 Å². The van der Waals surface area contributed by atoms with E-state index in [-0.39, 0.29) is 11.9 Å². The van der Waals surface area contributed by atoms with Crippen LogP contribution < -0.4 is 10.5 Å². The number of benzene rings is 1. The summed E-state index contributed by atoms with van der Waals surface area (Å²) >= 11 is 0. The number of likely N-dealkylation sites (tertiary alicyclic amines) is 1. The van der Waals surface area contributed by atoms with Gasteiger partial charge in [-0.2, -0.15) is 4.98 Å². The standard InChI is InChI=1S/C17H22N4O3/c1-2-23-14-5-3-12(4-6-14)17-19-15(24-20-17)7-8-16(22)21-10-9-13(18)11-21/h3-6,13H,2,7-11,18H2,1H3/t13-/m1/s1. The predicted molar refractivity (Wildman–Crippen MR) is 88.4 cm³/mol. The van der Waals surface area contributed by atoms with Crippen LogP contribution in [0.5, 0.6) is 5.75 Å². The van der Waals surface area contributed by atoms with Gasteiger partial charge in [-0.15, -0.1) is 0 Å². The molecule has 128 valence electrons. The summed E-state index contributed by atoms with van der Waals surface area (Å²) in [5.41, 5.74) is 6.68. The lowest BCUT2D eigenvalue weighted by atomic mass is 10.2. The minimum atomic E-state index is 0.0868. The average molecular weight is 330 g/mol. The van der Waals surface area contributed by atoms with E-state index in [4.69, 9.17) is 15.0 Å². The zero-order valence-electron chi connectivity index (χ0n) is 13.8. The molecule has 3 rings (SSSR count). The Morgan fingerprint density at radius 3 is 2.88 bits per heavy atom. The van der Waals surface area contributed by atoms with Crippen LogP contribution in [0.3, 0.4) is 0 Å². The van der Waals surface area contributed by atoms with Crippen molar-refractivity contribution in [2.24, 2.45) is 5.73 Å². The zero-order chi connectivity index (χ0) is 16.9. The molecule has 2 heterocycles. The van der Waals surface area contributed by atoms with E-state index in [1.54, 1.807) is 4.90 Å². The fraction of sp³-hybridized carbons (Fsp3) is 0.471. The van der Waals surface area contributed by atoms with E-state index in [9.17, 15) is 4.79 Å². The minimum Gasteiger partial charge on any atom is -0.494 e. The molecule has 1 aliphatic rings. The third-order valence-corrected chi connectivity index (χ3v) is 4.02. The topological polar surface area (TPSA) is 94.5 Å². The molecule has 1 aliphatic heterocycles. The Morgan fingerprint density at radius 2 is 2.21 bits per heavy atom. The minimum absolute atomic E-state index is 0.0868. The molecule has 1 amide bonds. The number of hydrogen-bond donors (Lipinski definition) is 1. The van der Waals surface area contributed by atoms with Crippen LogP contribution in [0, 0.1) is 0 Å². The summed E-state index contributed by atoms with van der Waals surface area (Å²) in [4.78, 5) is 18.3. The summed E-state index contributed by atoms with van der Waals surface area (Å²) in [6, 6.07) is 7.61. The monoisotopic (exact) mass is 330 g/mol. The molecule has 2 aromatic rings. The Bertz CT molecular complexity index is 683. The predicted octanol–water partition coefficient (Wildman–Crippen LogP) is 1.63. The van der Waals surface area contributed by atoms with Gasteiger partial charge in [0.1, 0.15) is 5.75 Å². The second-order valence-electron chi connectivity index (χ2n) is 5.86. The Balaban J connectivity index is 1.56. The molecule has 1 aromatic heterocycles. The van der Waals surface area contributed by atoms with Crippen molar-refractivity contribution < 1.29 is 14.1 Å². The smallest absolute Gasteiger partial charge is 0.227 e. The molecule has 0 bridgehead atoms. The highest BCUT2D eigenvalue weighted by Gasteiger charge is 2.23. The largest absolute Gasteiger partial charge is 0.494 e. The van der Waals surface area contributed by atoms with E-state index < -0.39 is 0 Å². The number of hydrogen-bond acceptors (Lipinski definition) is 6. The SMILES string of the molecule is CCOc1ccc(-c2noc(CCC(=O)N3CC[C@@H](N)C3)n2)cc1. The molecule has 0 radical (unpaired) electrons. The normalized spacial score (nSPS) is 17.2. The molecule has 7 nitrogen and oxygen atoms in total. The number of aryl methyl sites for hydroxylation is 1. The highest BCUT2D eigenvalue weighted by atomic mass is 16.5. The van der Waals surface area contributed by atoms with Gasteiger partial charge in [-0.25, -0.2) is 0 Å². The molecule has 2 N–H and O–H groups in total. The van der Waals surface area contributed by atoms with Crippen LogP contribution >= 0.6 is 0 Å². The van der Waals surface area contributed by atoms with Crippen molar-refractivity contribution in [1.82, 2.24) is 15.0 Å². The fourth-order valence-corrected chi connectivity index (χ4v) is 2.73. The summed E-state index contributed by atoms with van der Waals surface area (Å²) < 4.78 is 10.7. The van der Waals surface area contributed by atoms with Crippen molar-refractivity contribution in [3.05, 3.63) is 30.2 Å². The first kappa shape index (κ1) is 16.4. The van der Waals surface area contributed by atoms with Gasteiger partial charge in [0.25, 0.3) is 0 Å². The number of amides is 1. The third-order valence-electron chi connectivity index (χ3n) is 4.02. The lowest BCUT2D eigenvalue weighted by Crippen LogP contribution is -2.31. The Morgan fingerprint density at radius 1 is 1.42 bits per heavy atom. The molecule has 1 fully saturated rings. The van der Waals surface area contributed by atoms with E-state index in [0.29, 0.717) is 37.7 Å². The highest BCUT2D eigenvalue weighted by molar-refractivity contribution is 5.76. The Hall–Kier alpha value is -2.41. The number of rotatable bonds is 6. The molecule has 0 spiro atoms. The summed E-state index contributed by atoms with van der Waals surface area (Å²) in [6.07, 6.45) is 1.67. The van der Waals surface area contributed by atoms with Crippen LogP contribution in [-0.4, -0.2) is 46.7 Å². The zero-order valence-corrected chi connectivity index (χ0v) is 13.8. The van der Waals surface area contributed by atoms with E-state index in [1.165, 1.54) is 0 Å². The molecule has 0 unspecified atom stereocenters. The van der Waals surface area contributed by atoms with Gasteiger partial charge in [-0.3, -0.25) is 4.79 Å². The van der Waals surface area contributed by atoms with Crippen LogP contribution in [0.25, 0.3) is 11.4 Å². The van der Waals surface area contributed by atoms with Crippen LogP contribution in [0.1, 0.15) is 25.7 Å². The van der Waals surface area contributed by atoms with Crippen LogP contribution in [-0.2, 0) is 11.2 Å². The number of aromatic nitrogens is 2. The van der Waals surface area contributed by atoms with Crippen LogP contribution in [0.15, 0.2) is 28.8 Å². The third kappa shape index (κ3) is 3.91. The van der Waals surface area contributed by atoms with Crippen molar-refractivity contribution in [3.8, 4) is 17.1 Å². The van der Waals surface area contributed by atoms with E-state index in [2.05, 4.69) is 10.1 Å². The van der Waals surface area contributed by atoms with Gasteiger partial charge < -0.3 is 19.9 Å². The van der Waals surface area contributed by atoms with Crippen molar-refractivity contribution in [2.45, 2.75) is 32.2 Å². The number of ether oxygens (including phenoxy) is 1. The number of nitrogens with two attached hydrogens (primary N) is 1. The van der Waals surface area contributed by atoms with Gasteiger partial charge in [-0.05, 0) is 37.6 Å². The Kier molecular flexibility index (Phi) is 5.10. The first-order valence-electron chi connectivity index (χ1n) is 8.25. The highest BCUT2D eigenvalue weighted by Crippen LogP contribution is 2.20. The lowest BCUT2D eigenvalue weighted by molar-refractivity contribution is -0.130. The quantitative estimate of drug-likeness (QED) is 0.865. The van der Waals surface area contributed by atoms with E-state index in [0.717, 1.165) is 24.3 Å². The van der Waals surface area contributed by atoms with Gasteiger partial charge >= 0.3 is 0 Å². The summed E-state index contributed by atoms with van der Waals surface area (Å²) in [5.74, 6) is 1.88. The van der Waals surface area contributed by atoms with Gasteiger partial charge in [0, 0.05) is 37.5 Å². The first-order valence-corrected chi connectivity index (χ1v) is 8.25.